The van der Waals surface area contributed by atoms with E-state index in [4.69, 9.17) is 0 Å². The van der Waals surface area contributed by atoms with Gasteiger partial charge in [0.2, 0.25) is 5.91 Å². The third-order valence-corrected chi connectivity index (χ3v) is 1.51. The average molecular weight is 176 g/mol. The van der Waals surface area contributed by atoms with Crippen LogP contribution in [0.4, 0.5) is 5.69 Å². The lowest BCUT2D eigenvalue weighted by Gasteiger charge is -2.01. The average Bonchev–Trinajstić information content (AvgIpc) is 2.16. The summed E-state index contributed by atoms with van der Waals surface area (Å²) in [5.74, 6) is -0.158. The highest BCUT2D eigenvalue weighted by Crippen LogP contribution is 2.05. The summed E-state index contributed by atoms with van der Waals surface area (Å²) in [4.78, 5) is 20.9. The normalized spacial score (nSPS) is 9.23. The maximum Gasteiger partial charge on any atom is 0.224 e. The summed E-state index contributed by atoms with van der Waals surface area (Å²) in [6.07, 6.45) is 2.02. The molecule has 1 N–H and O–H groups in total. The molecule has 1 amide bonds. The van der Waals surface area contributed by atoms with Gasteiger partial charge in [0.15, 0.2) is 6.29 Å². The van der Waals surface area contributed by atoms with E-state index in [2.05, 4.69) is 5.32 Å². The van der Waals surface area contributed by atoms with Crippen molar-refractivity contribution in [2.45, 2.75) is 12.8 Å². The summed E-state index contributed by atoms with van der Waals surface area (Å²) in [5, 5.41) is 2.66. The molecule has 13 heavy (non-hydrogen) atoms. The van der Waals surface area contributed by atoms with Crippen LogP contribution in [-0.2, 0) is 9.59 Å². The molecule has 0 spiro atoms. The Hall–Kier alpha value is -1.64. The molecule has 1 rings (SSSR count). The lowest BCUT2D eigenvalue weighted by Crippen LogP contribution is -2.10. The van der Waals surface area contributed by atoms with E-state index >= 15 is 0 Å². The number of rotatable bonds is 4. The molecule has 67 valence electrons. The summed E-state index contributed by atoms with van der Waals surface area (Å²) < 4.78 is 0. The van der Waals surface area contributed by atoms with E-state index in [1.807, 2.05) is 18.2 Å². The van der Waals surface area contributed by atoms with Crippen LogP contribution in [0.25, 0.3) is 0 Å². The minimum atomic E-state index is -0.158. The SMILES string of the molecule is O=[C]CCC(=O)Nc1ccccc1. The molecule has 3 heteroatoms. The number of para-hydroxylation sites is 1. The van der Waals surface area contributed by atoms with Crippen LogP contribution < -0.4 is 5.32 Å². The molecule has 3 nitrogen and oxygen atoms in total. The molecule has 0 aliphatic heterocycles. The lowest BCUT2D eigenvalue weighted by molar-refractivity contribution is -0.116. The molecular weight excluding hydrogens is 166 g/mol. The Kier molecular flexibility index (Phi) is 3.70. The van der Waals surface area contributed by atoms with Gasteiger partial charge in [-0.05, 0) is 12.1 Å². The lowest BCUT2D eigenvalue weighted by atomic mass is 10.3. The first kappa shape index (κ1) is 9.45. The van der Waals surface area contributed by atoms with Crippen molar-refractivity contribution >= 4 is 17.9 Å². The van der Waals surface area contributed by atoms with Gasteiger partial charge in [-0.3, -0.25) is 9.59 Å². The first-order valence-corrected chi connectivity index (χ1v) is 4.03. The number of benzene rings is 1. The van der Waals surface area contributed by atoms with Crippen molar-refractivity contribution in [3.63, 3.8) is 0 Å². The van der Waals surface area contributed by atoms with Gasteiger partial charge in [0, 0.05) is 18.5 Å². The third-order valence-electron chi connectivity index (χ3n) is 1.51. The Bertz CT molecular complexity index is 282. The van der Waals surface area contributed by atoms with Crippen molar-refractivity contribution in [1.82, 2.24) is 0 Å². The van der Waals surface area contributed by atoms with Crippen molar-refractivity contribution < 1.29 is 9.59 Å². The monoisotopic (exact) mass is 176 g/mol. The fourth-order valence-corrected chi connectivity index (χ4v) is 0.910. The van der Waals surface area contributed by atoms with Gasteiger partial charge in [-0.25, -0.2) is 0 Å². The Morgan fingerprint density at radius 1 is 1.31 bits per heavy atom. The molecule has 0 heterocycles. The summed E-state index contributed by atoms with van der Waals surface area (Å²) in [7, 11) is 0. The van der Waals surface area contributed by atoms with Gasteiger partial charge in [0.25, 0.3) is 0 Å². The van der Waals surface area contributed by atoms with E-state index in [1.165, 1.54) is 0 Å². The number of carbonyl (C=O) groups excluding carboxylic acids is 2. The minimum absolute atomic E-state index is 0.151. The van der Waals surface area contributed by atoms with Crippen molar-refractivity contribution in [2.24, 2.45) is 0 Å². The molecule has 1 radical (unpaired) electrons. The van der Waals surface area contributed by atoms with Gasteiger partial charge in [0.1, 0.15) is 0 Å². The van der Waals surface area contributed by atoms with E-state index in [1.54, 1.807) is 18.4 Å². The molecule has 0 atom stereocenters. The molecule has 0 fully saturated rings. The number of hydrogen-bond acceptors (Lipinski definition) is 2. The van der Waals surface area contributed by atoms with E-state index in [-0.39, 0.29) is 18.7 Å². The maximum atomic E-state index is 11.1. The summed E-state index contributed by atoms with van der Waals surface area (Å²) in [5.41, 5.74) is 0.749. The van der Waals surface area contributed by atoms with Crippen molar-refractivity contribution in [3.8, 4) is 0 Å². The van der Waals surface area contributed by atoms with Gasteiger partial charge in [0.05, 0.1) is 0 Å². The Balaban J connectivity index is 2.41. The second-order valence-electron chi connectivity index (χ2n) is 2.56. The largest absolute Gasteiger partial charge is 0.326 e. The highest BCUT2D eigenvalue weighted by molar-refractivity contribution is 5.91. The molecule has 0 aromatic heterocycles. The summed E-state index contributed by atoms with van der Waals surface area (Å²) in [6, 6.07) is 9.13. The summed E-state index contributed by atoms with van der Waals surface area (Å²) >= 11 is 0. The second-order valence-corrected chi connectivity index (χ2v) is 2.56. The molecule has 1 aromatic carbocycles. The minimum Gasteiger partial charge on any atom is -0.326 e. The first-order valence-electron chi connectivity index (χ1n) is 4.03. The van der Waals surface area contributed by atoms with E-state index < -0.39 is 0 Å². The smallest absolute Gasteiger partial charge is 0.224 e. The van der Waals surface area contributed by atoms with Crippen molar-refractivity contribution in [1.29, 1.82) is 0 Å². The quantitative estimate of drug-likeness (QED) is 0.755. The van der Waals surface area contributed by atoms with Gasteiger partial charge >= 0.3 is 0 Å². The van der Waals surface area contributed by atoms with Gasteiger partial charge in [-0.15, -0.1) is 0 Å². The second kappa shape index (κ2) is 5.09. The zero-order chi connectivity index (χ0) is 9.52. The molecule has 1 aromatic rings. The van der Waals surface area contributed by atoms with Gasteiger partial charge < -0.3 is 5.32 Å². The van der Waals surface area contributed by atoms with Crippen molar-refractivity contribution in [2.75, 3.05) is 5.32 Å². The number of nitrogens with one attached hydrogen (secondary N) is 1. The molecule has 0 saturated carbocycles. The van der Waals surface area contributed by atoms with E-state index in [0.717, 1.165) is 5.69 Å². The fourth-order valence-electron chi connectivity index (χ4n) is 0.910. The van der Waals surface area contributed by atoms with Crippen LogP contribution >= 0.6 is 0 Å². The predicted molar refractivity (Wildman–Crippen MR) is 50.0 cm³/mol. The third kappa shape index (κ3) is 3.51. The predicted octanol–water partition coefficient (Wildman–Crippen LogP) is 1.51. The highest BCUT2D eigenvalue weighted by Gasteiger charge is 2.00. The van der Waals surface area contributed by atoms with Crippen LogP contribution in [0.15, 0.2) is 30.3 Å². The standard InChI is InChI=1S/C10H10NO2/c12-8-4-7-10(13)11-9-5-2-1-3-6-9/h1-3,5-6H,4,7H2,(H,11,13). The van der Waals surface area contributed by atoms with Crippen molar-refractivity contribution in [3.05, 3.63) is 30.3 Å². The molecule has 0 unspecified atom stereocenters. The van der Waals surface area contributed by atoms with Gasteiger partial charge in [-0.2, -0.15) is 0 Å². The Morgan fingerprint density at radius 3 is 2.62 bits per heavy atom. The molecule has 0 saturated heterocycles. The number of anilines is 1. The Labute approximate surface area is 76.8 Å². The zero-order valence-electron chi connectivity index (χ0n) is 7.12. The van der Waals surface area contributed by atoms with Crippen LogP contribution in [0.1, 0.15) is 12.8 Å². The number of hydrogen-bond donors (Lipinski definition) is 1. The number of carbonyl (C=O) groups is 1. The van der Waals surface area contributed by atoms with E-state index in [0.29, 0.717) is 0 Å². The zero-order valence-corrected chi connectivity index (χ0v) is 7.12. The van der Waals surface area contributed by atoms with Gasteiger partial charge in [-0.1, -0.05) is 18.2 Å². The summed E-state index contributed by atoms with van der Waals surface area (Å²) in [6.45, 7) is 0. The van der Waals surface area contributed by atoms with E-state index in [9.17, 15) is 9.59 Å². The molecule has 0 aliphatic carbocycles. The van der Waals surface area contributed by atoms with Crippen LogP contribution in [0.5, 0.6) is 0 Å². The first-order chi connectivity index (χ1) is 6.33. The van der Waals surface area contributed by atoms with Crippen LogP contribution in [0.2, 0.25) is 0 Å². The highest BCUT2D eigenvalue weighted by atomic mass is 16.1. The molecule has 0 aliphatic rings. The van der Waals surface area contributed by atoms with Crippen LogP contribution in [-0.4, -0.2) is 12.2 Å². The topological polar surface area (TPSA) is 46.2 Å². The fraction of sp³-hybridized carbons (Fsp3) is 0.200. The maximum absolute atomic E-state index is 11.1. The van der Waals surface area contributed by atoms with Crippen LogP contribution in [0.3, 0.4) is 0 Å². The number of amides is 1. The molecular formula is C10H10NO2. The van der Waals surface area contributed by atoms with Crippen LogP contribution in [0, 0.1) is 0 Å². The Morgan fingerprint density at radius 2 is 2.00 bits per heavy atom. The molecule has 0 bridgehead atoms.